The van der Waals surface area contributed by atoms with Crippen LogP contribution in [-0.2, 0) is 10.2 Å². The van der Waals surface area contributed by atoms with Gasteiger partial charge in [0.2, 0.25) is 0 Å². The highest BCUT2D eigenvalue weighted by Gasteiger charge is 2.32. The Morgan fingerprint density at radius 3 is 2.56 bits per heavy atom. The minimum Gasteiger partial charge on any atom is -0.504 e. The fourth-order valence-corrected chi connectivity index (χ4v) is 2.80. The summed E-state index contributed by atoms with van der Waals surface area (Å²) in [5.41, 5.74) is -0.769. The van der Waals surface area contributed by atoms with Gasteiger partial charge in [0.15, 0.2) is 17.3 Å². The second kappa shape index (κ2) is 5.14. The van der Waals surface area contributed by atoms with Gasteiger partial charge < -0.3 is 14.9 Å². The van der Waals surface area contributed by atoms with Crippen LogP contribution in [0.5, 0.6) is 11.5 Å². The van der Waals surface area contributed by atoms with Gasteiger partial charge in [-0.2, -0.15) is 0 Å². The maximum atomic E-state index is 14.2. The average molecular weight is 321 g/mol. The van der Waals surface area contributed by atoms with Crippen LogP contribution in [0.2, 0.25) is 0 Å². The topological polar surface area (TPSA) is 66.8 Å². The summed E-state index contributed by atoms with van der Waals surface area (Å²) in [5.74, 6) is -2.41. The molecule has 1 aromatic carbocycles. The van der Waals surface area contributed by atoms with Gasteiger partial charge in [0.1, 0.15) is 0 Å². The maximum Gasteiger partial charge on any atom is 0.304 e. The van der Waals surface area contributed by atoms with Gasteiger partial charge in [-0.25, -0.2) is 4.39 Å². The molecule has 6 heteroatoms. The number of carboxylic acids is 1. The number of hydrogen-bond donors (Lipinski definition) is 2. The number of phenols is 1. The average Bonchev–Trinajstić information content (AvgIpc) is 2.13. The lowest BCUT2D eigenvalue weighted by atomic mass is 9.81. The predicted molar refractivity (Wildman–Crippen MR) is 67.6 cm³/mol. The molecular weight excluding hydrogens is 307 g/mol. The lowest BCUT2D eigenvalue weighted by Gasteiger charge is -2.26. The van der Waals surface area contributed by atoms with Gasteiger partial charge in [0, 0.05) is 15.5 Å². The molecule has 0 spiro atoms. The van der Waals surface area contributed by atoms with Crippen molar-refractivity contribution in [2.24, 2.45) is 0 Å². The Labute approximate surface area is 113 Å². The Hall–Kier alpha value is -1.30. The van der Waals surface area contributed by atoms with E-state index >= 15 is 0 Å². The monoisotopic (exact) mass is 320 g/mol. The highest BCUT2D eigenvalue weighted by molar-refractivity contribution is 9.10. The summed E-state index contributed by atoms with van der Waals surface area (Å²) < 4.78 is 19.3. The number of ether oxygens (including phenoxy) is 1. The number of benzene rings is 1. The summed E-state index contributed by atoms with van der Waals surface area (Å²) in [6, 6.07) is 1.29. The SMILES string of the molecule is COc1c(O)cc(Br)c(C(C)(C)CC(=O)O)c1F. The summed E-state index contributed by atoms with van der Waals surface area (Å²) in [7, 11) is 1.24. The minimum atomic E-state index is -1.03. The van der Waals surface area contributed by atoms with E-state index in [4.69, 9.17) is 9.84 Å². The van der Waals surface area contributed by atoms with Crippen molar-refractivity contribution in [2.75, 3.05) is 7.11 Å². The molecule has 0 heterocycles. The molecule has 100 valence electrons. The zero-order valence-corrected chi connectivity index (χ0v) is 11.8. The number of carbonyl (C=O) groups is 1. The molecule has 0 aliphatic heterocycles. The highest BCUT2D eigenvalue weighted by atomic mass is 79.9. The van der Waals surface area contributed by atoms with Gasteiger partial charge in [-0.3, -0.25) is 4.79 Å². The van der Waals surface area contributed by atoms with Gasteiger partial charge in [0.05, 0.1) is 13.5 Å². The van der Waals surface area contributed by atoms with Crippen LogP contribution in [0.1, 0.15) is 25.8 Å². The van der Waals surface area contributed by atoms with E-state index in [1.54, 1.807) is 13.8 Å². The molecule has 2 N–H and O–H groups in total. The molecule has 0 radical (unpaired) electrons. The molecule has 0 fully saturated rings. The molecule has 1 rings (SSSR count). The van der Waals surface area contributed by atoms with Crippen molar-refractivity contribution >= 4 is 21.9 Å². The van der Waals surface area contributed by atoms with Crippen molar-refractivity contribution in [1.82, 2.24) is 0 Å². The first kappa shape index (κ1) is 14.8. The van der Waals surface area contributed by atoms with E-state index in [9.17, 15) is 14.3 Å². The lowest BCUT2D eigenvalue weighted by Crippen LogP contribution is -2.24. The first-order chi connectivity index (χ1) is 8.20. The summed E-state index contributed by atoms with van der Waals surface area (Å²) in [4.78, 5) is 10.8. The Balaban J connectivity index is 3.45. The van der Waals surface area contributed by atoms with Gasteiger partial charge in [-0.1, -0.05) is 29.8 Å². The van der Waals surface area contributed by atoms with Crippen LogP contribution in [-0.4, -0.2) is 23.3 Å². The number of rotatable bonds is 4. The van der Waals surface area contributed by atoms with Gasteiger partial charge in [-0.15, -0.1) is 0 Å². The first-order valence-electron chi connectivity index (χ1n) is 5.18. The second-order valence-corrected chi connectivity index (χ2v) is 5.41. The van der Waals surface area contributed by atoms with Crippen LogP contribution < -0.4 is 4.74 Å². The standard InChI is InChI=1S/C12H14BrFO4/c1-12(2,5-8(16)17)9-6(13)4-7(15)11(18-3)10(9)14/h4,15H,5H2,1-3H3,(H,16,17). The van der Waals surface area contributed by atoms with Crippen molar-refractivity contribution in [3.63, 3.8) is 0 Å². The van der Waals surface area contributed by atoms with Crippen LogP contribution in [0.25, 0.3) is 0 Å². The molecule has 0 bridgehead atoms. The third kappa shape index (κ3) is 2.75. The molecule has 4 nitrogen and oxygen atoms in total. The van der Waals surface area contributed by atoms with Crippen molar-refractivity contribution in [3.8, 4) is 11.5 Å². The number of hydrogen-bond acceptors (Lipinski definition) is 3. The van der Waals surface area contributed by atoms with Crippen LogP contribution in [0, 0.1) is 5.82 Å². The van der Waals surface area contributed by atoms with E-state index < -0.39 is 17.2 Å². The van der Waals surface area contributed by atoms with Crippen molar-refractivity contribution in [2.45, 2.75) is 25.7 Å². The van der Waals surface area contributed by atoms with E-state index in [2.05, 4.69) is 15.9 Å². The molecule has 0 saturated heterocycles. The van der Waals surface area contributed by atoms with Crippen LogP contribution in [0.3, 0.4) is 0 Å². The minimum absolute atomic E-state index is 0.166. The number of aliphatic carboxylic acids is 1. The molecule has 0 aliphatic rings. The number of halogens is 2. The summed E-state index contributed by atoms with van der Waals surface area (Å²) in [6.07, 6.45) is -0.240. The van der Waals surface area contributed by atoms with Crippen LogP contribution in [0.4, 0.5) is 4.39 Å². The highest BCUT2D eigenvalue weighted by Crippen LogP contribution is 2.42. The fourth-order valence-electron chi connectivity index (χ4n) is 1.87. The molecule has 0 saturated carbocycles. The molecule has 0 unspecified atom stereocenters. The molecular formula is C12H14BrFO4. The summed E-state index contributed by atoms with van der Waals surface area (Å²) in [6.45, 7) is 3.22. The zero-order chi connectivity index (χ0) is 14.1. The number of carboxylic acid groups (broad SMARTS) is 1. The van der Waals surface area contributed by atoms with Gasteiger partial charge >= 0.3 is 5.97 Å². The van der Waals surface area contributed by atoms with E-state index in [1.807, 2.05) is 0 Å². The number of methoxy groups -OCH3 is 1. The largest absolute Gasteiger partial charge is 0.504 e. The van der Waals surface area contributed by atoms with Gasteiger partial charge in [0.25, 0.3) is 0 Å². The third-order valence-corrected chi connectivity index (χ3v) is 3.25. The Morgan fingerprint density at radius 2 is 2.11 bits per heavy atom. The fraction of sp³-hybridized carbons (Fsp3) is 0.417. The molecule has 0 atom stereocenters. The number of phenolic OH excluding ortho intramolecular Hbond substituents is 1. The Bertz CT molecular complexity index is 485. The van der Waals surface area contributed by atoms with Gasteiger partial charge in [-0.05, 0) is 6.07 Å². The molecule has 18 heavy (non-hydrogen) atoms. The quantitative estimate of drug-likeness (QED) is 0.894. The molecule has 0 aromatic heterocycles. The zero-order valence-electron chi connectivity index (χ0n) is 10.3. The maximum absolute atomic E-state index is 14.2. The molecule has 1 aromatic rings. The van der Waals surface area contributed by atoms with E-state index in [-0.39, 0.29) is 23.5 Å². The Morgan fingerprint density at radius 1 is 1.56 bits per heavy atom. The van der Waals surface area contributed by atoms with E-state index in [0.29, 0.717) is 4.47 Å². The third-order valence-electron chi connectivity index (χ3n) is 2.63. The van der Waals surface area contributed by atoms with Crippen molar-refractivity contribution in [1.29, 1.82) is 0 Å². The first-order valence-corrected chi connectivity index (χ1v) is 5.97. The number of aromatic hydroxyl groups is 1. The van der Waals surface area contributed by atoms with Crippen LogP contribution >= 0.6 is 15.9 Å². The van der Waals surface area contributed by atoms with Crippen LogP contribution in [0.15, 0.2) is 10.5 Å². The van der Waals surface area contributed by atoms with Crippen molar-refractivity contribution < 1.29 is 24.1 Å². The molecule has 0 amide bonds. The normalized spacial score (nSPS) is 11.4. The summed E-state index contributed by atoms with van der Waals surface area (Å²) in [5, 5.41) is 18.4. The predicted octanol–water partition coefficient (Wildman–Crippen LogP) is 3.05. The summed E-state index contributed by atoms with van der Waals surface area (Å²) >= 11 is 3.14. The lowest BCUT2D eigenvalue weighted by molar-refractivity contribution is -0.138. The Kier molecular flexibility index (Phi) is 4.21. The van der Waals surface area contributed by atoms with E-state index in [1.165, 1.54) is 13.2 Å². The van der Waals surface area contributed by atoms with Crippen molar-refractivity contribution in [3.05, 3.63) is 21.9 Å². The second-order valence-electron chi connectivity index (χ2n) is 4.55. The van der Waals surface area contributed by atoms with E-state index in [0.717, 1.165) is 0 Å². The molecule has 0 aliphatic carbocycles. The smallest absolute Gasteiger partial charge is 0.304 e.